The van der Waals surface area contributed by atoms with E-state index >= 15 is 0 Å². The van der Waals surface area contributed by atoms with Crippen LogP contribution >= 0.6 is 34.8 Å². The second-order valence-electron chi connectivity index (χ2n) is 3.96. The van der Waals surface area contributed by atoms with E-state index in [1.807, 2.05) is 0 Å². The number of rotatable bonds is 4. The third kappa shape index (κ3) is 3.37. The minimum Gasteiger partial charge on any atom is -0.486 e. The van der Waals surface area contributed by atoms with Gasteiger partial charge in [0.2, 0.25) is 0 Å². The summed E-state index contributed by atoms with van der Waals surface area (Å²) in [5.41, 5.74) is 0.771. The van der Waals surface area contributed by atoms with Crippen molar-refractivity contribution >= 4 is 40.8 Å². The lowest BCUT2D eigenvalue weighted by atomic mass is 10.2. The van der Waals surface area contributed by atoms with Gasteiger partial charge in [0.25, 0.3) is 0 Å². The molecule has 0 fully saturated rings. The van der Waals surface area contributed by atoms with Gasteiger partial charge in [-0.2, -0.15) is 0 Å². The van der Waals surface area contributed by atoms with Gasteiger partial charge >= 0.3 is 5.97 Å². The van der Waals surface area contributed by atoms with Gasteiger partial charge in [-0.3, -0.25) is 0 Å². The van der Waals surface area contributed by atoms with Crippen molar-refractivity contribution in [1.29, 1.82) is 0 Å². The van der Waals surface area contributed by atoms with Crippen LogP contribution in [0.2, 0.25) is 15.1 Å². The zero-order chi connectivity index (χ0) is 14.7. The second-order valence-corrected chi connectivity index (χ2v) is 5.18. The molecule has 0 aliphatic heterocycles. The van der Waals surface area contributed by atoms with Gasteiger partial charge < -0.3 is 9.84 Å². The van der Waals surface area contributed by atoms with Crippen molar-refractivity contribution in [3.63, 3.8) is 0 Å². The van der Waals surface area contributed by atoms with Gasteiger partial charge in [-0.1, -0.05) is 46.9 Å². The number of carbonyl (C=O) groups is 1. The number of halogens is 3. The minimum absolute atomic E-state index is 0.0116. The van der Waals surface area contributed by atoms with Crippen molar-refractivity contribution in [3.05, 3.63) is 62.6 Å². The first kappa shape index (κ1) is 15.0. The standard InChI is InChI=1S/C14H9Cl3O3/c15-10-5-4-8(6-12(10)17)7-20-13-9(14(18)19)2-1-3-11(13)16/h1-6H,7H2,(H,18,19). The fourth-order valence-corrected chi connectivity index (χ4v) is 2.16. The molecule has 2 rings (SSSR count). The average Bonchev–Trinajstić information content (AvgIpc) is 2.40. The predicted molar refractivity (Wildman–Crippen MR) is 79.2 cm³/mol. The van der Waals surface area contributed by atoms with Gasteiger partial charge in [-0.25, -0.2) is 4.79 Å². The molecule has 2 aromatic carbocycles. The van der Waals surface area contributed by atoms with Gasteiger partial charge in [0.1, 0.15) is 12.2 Å². The number of carboxylic acid groups (broad SMARTS) is 1. The Balaban J connectivity index is 2.22. The summed E-state index contributed by atoms with van der Waals surface area (Å²) in [4.78, 5) is 11.1. The molecule has 6 heteroatoms. The van der Waals surface area contributed by atoms with E-state index in [9.17, 15) is 4.79 Å². The quantitative estimate of drug-likeness (QED) is 0.864. The molecule has 0 unspecified atom stereocenters. The highest BCUT2D eigenvalue weighted by Gasteiger charge is 2.14. The van der Waals surface area contributed by atoms with E-state index in [1.54, 1.807) is 30.3 Å². The van der Waals surface area contributed by atoms with Crippen LogP contribution in [-0.2, 0) is 6.61 Å². The number of aromatic carboxylic acids is 1. The van der Waals surface area contributed by atoms with Crippen LogP contribution in [0.4, 0.5) is 0 Å². The third-order valence-corrected chi connectivity index (χ3v) is 3.60. The molecule has 2 aromatic rings. The highest BCUT2D eigenvalue weighted by Crippen LogP contribution is 2.30. The zero-order valence-electron chi connectivity index (χ0n) is 10.1. The molecule has 0 saturated heterocycles. The van der Waals surface area contributed by atoms with Crippen LogP contribution in [0.15, 0.2) is 36.4 Å². The summed E-state index contributed by atoms with van der Waals surface area (Å²) in [6.45, 7) is 0.140. The maximum Gasteiger partial charge on any atom is 0.339 e. The first-order valence-electron chi connectivity index (χ1n) is 5.57. The van der Waals surface area contributed by atoms with E-state index < -0.39 is 5.97 Å². The molecule has 0 atom stereocenters. The number of para-hydroxylation sites is 1. The predicted octanol–water partition coefficient (Wildman–Crippen LogP) is 4.92. The summed E-state index contributed by atoms with van der Waals surface area (Å²) < 4.78 is 5.50. The van der Waals surface area contributed by atoms with Crippen LogP contribution < -0.4 is 4.74 Å². The molecule has 1 N–H and O–H groups in total. The Bertz CT molecular complexity index is 656. The van der Waals surface area contributed by atoms with Crippen LogP contribution in [0.3, 0.4) is 0 Å². The smallest absolute Gasteiger partial charge is 0.339 e. The van der Waals surface area contributed by atoms with Crippen molar-refractivity contribution < 1.29 is 14.6 Å². The van der Waals surface area contributed by atoms with E-state index in [0.717, 1.165) is 5.56 Å². The molecule has 0 radical (unpaired) electrons. The van der Waals surface area contributed by atoms with Gasteiger partial charge in [0, 0.05) is 0 Å². The van der Waals surface area contributed by atoms with Crippen molar-refractivity contribution in [3.8, 4) is 5.75 Å². The summed E-state index contributed by atoms with van der Waals surface area (Å²) in [5.74, 6) is -0.968. The first-order valence-corrected chi connectivity index (χ1v) is 6.71. The van der Waals surface area contributed by atoms with Crippen LogP contribution in [-0.4, -0.2) is 11.1 Å². The van der Waals surface area contributed by atoms with Gasteiger partial charge in [0.05, 0.1) is 15.1 Å². The van der Waals surface area contributed by atoms with Crippen LogP contribution in [0.5, 0.6) is 5.75 Å². The van der Waals surface area contributed by atoms with Gasteiger partial charge in [0.15, 0.2) is 5.75 Å². The SMILES string of the molecule is O=C(O)c1cccc(Cl)c1OCc1ccc(Cl)c(Cl)c1. The molecule has 20 heavy (non-hydrogen) atoms. The monoisotopic (exact) mass is 330 g/mol. The summed E-state index contributed by atoms with van der Waals surface area (Å²) in [7, 11) is 0. The average molecular weight is 332 g/mol. The molecule has 0 heterocycles. The Morgan fingerprint density at radius 2 is 1.80 bits per heavy atom. The highest BCUT2D eigenvalue weighted by atomic mass is 35.5. The largest absolute Gasteiger partial charge is 0.486 e. The maximum atomic E-state index is 11.1. The molecule has 3 nitrogen and oxygen atoms in total. The van der Waals surface area contributed by atoms with E-state index in [2.05, 4.69) is 0 Å². The lowest BCUT2D eigenvalue weighted by molar-refractivity contribution is 0.0692. The lowest BCUT2D eigenvalue weighted by Gasteiger charge is -2.11. The second kappa shape index (κ2) is 6.35. The normalized spacial score (nSPS) is 10.3. The first-order chi connectivity index (χ1) is 9.49. The van der Waals surface area contributed by atoms with Crippen molar-refractivity contribution in [2.24, 2.45) is 0 Å². The maximum absolute atomic E-state index is 11.1. The Morgan fingerprint density at radius 3 is 2.45 bits per heavy atom. The molecule has 0 amide bonds. The number of hydrogen-bond acceptors (Lipinski definition) is 2. The van der Waals surface area contributed by atoms with E-state index in [4.69, 9.17) is 44.6 Å². The zero-order valence-corrected chi connectivity index (χ0v) is 12.3. The fourth-order valence-electron chi connectivity index (χ4n) is 1.61. The molecule has 0 aliphatic carbocycles. The van der Waals surface area contributed by atoms with Gasteiger partial charge in [-0.05, 0) is 29.8 Å². The van der Waals surface area contributed by atoms with Crippen LogP contribution in [0.1, 0.15) is 15.9 Å². The fraction of sp³-hybridized carbons (Fsp3) is 0.0714. The summed E-state index contributed by atoms with van der Waals surface area (Å²) in [6.07, 6.45) is 0. The number of benzene rings is 2. The van der Waals surface area contributed by atoms with Crippen LogP contribution in [0, 0.1) is 0 Å². The van der Waals surface area contributed by atoms with Crippen molar-refractivity contribution in [2.75, 3.05) is 0 Å². The molecule has 0 aromatic heterocycles. The van der Waals surface area contributed by atoms with E-state index in [0.29, 0.717) is 10.0 Å². The van der Waals surface area contributed by atoms with E-state index in [-0.39, 0.29) is 22.9 Å². The minimum atomic E-state index is -1.10. The molecular weight excluding hydrogens is 323 g/mol. The Morgan fingerprint density at radius 1 is 1.05 bits per heavy atom. The molecular formula is C14H9Cl3O3. The Labute approximate surface area is 130 Å². The topological polar surface area (TPSA) is 46.5 Å². The summed E-state index contributed by atoms with van der Waals surface area (Å²) in [6, 6.07) is 9.59. The Kier molecular flexibility index (Phi) is 4.76. The number of carboxylic acids is 1. The molecule has 0 saturated carbocycles. The number of ether oxygens (including phenoxy) is 1. The van der Waals surface area contributed by atoms with Crippen LogP contribution in [0.25, 0.3) is 0 Å². The molecule has 104 valence electrons. The molecule has 0 aliphatic rings. The lowest BCUT2D eigenvalue weighted by Crippen LogP contribution is -2.04. The molecule has 0 spiro atoms. The van der Waals surface area contributed by atoms with Crippen molar-refractivity contribution in [1.82, 2.24) is 0 Å². The van der Waals surface area contributed by atoms with Gasteiger partial charge in [-0.15, -0.1) is 0 Å². The third-order valence-electron chi connectivity index (χ3n) is 2.56. The summed E-state index contributed by atoms with van der Waals surface area (Å²) >= 11 is 17.7. The van der Waals surface area contributed by atoms with E-state index in [1.165, 1.54) is 6.07 Å². The molecule has 0 bridgehead atoms. The Hall–Kier alpha value is -1.42. The number of hydrogen-bond donors (Lipinski definition) is 1. The highest BCUT2D eigenvalue weighted by molar-refractivity contribution is 6.42. The van der Waals surface area contributed by atoms with Crippen molar-refractivity contribution in [2.45, 2.75) is 6.61 Å². The summed E-state index contributed by atoms with van der Waals surface area (Å²) in [5, 5.41) is 10.2.